The van der Waals surface area contributed by atoms with Crippen LogP contribution in [0.2, 0.25) is 0 Å². The van der Waals surface area contributed by atoms with E-state index in [0.29, 0.717) is 25.7 Å². The molecule has 21 heavy (non-hydrogen) atoms. The SMILES string of the molecule is C[C@H]1c2cccn2CCN1C(=O)CCC1=NNC(=O)CC1. The molecular weight excluding hydrogens is 268 g/mol. The van der Waals surface area contributed by atoms with Crippen LogP contribution in [-0.4, -0.2) is 33.5 Å². The Hall–Kier alpha value is -2.11. The number of hydrazone groups is 1. The number of aromatic nitrogens is 1. The Morgan fingerprint density at radius 1 is 1.43 bits per heavy atom. The molecular formula is C15H20N4O2. The van der Waals surface area contributed by atoms with Crippen LogP contribution in [0.3, 0.4) is 0 Å². The van der Waals surface area contributed by atoms with Gasteiger partial charge in [0.1, 0.15) is 0 Å². The summed E-state index contributed by atoms with van der Waals surface area (Å²) in [5, 5.41) is 4.02. The van der Waals surface area contributed by atoms with Gasteiger partial charge in [0.05, 0.1) is 6.04 Å². The van der Waals surface area contributed by atoms with Crippen molar-refractivity contribution in [3.63, 3.8) is 0 Å². The zero-order valence-corrected chi connectivity index (χ0v) is 12.2. The van der Waals surface area contributed by atoms with Gasteiger partial charge in [-0.1, -0.05) is 0 Å². The summed E-state index contributed by atoms with van der Waals surface area (Å²) in [4.78, 5) is 25.4. The van der Waals surface area contributed by atoms with Crippen LogP contribution in [0.15, 0.2) is 23.4 Å². The highest BCUT2D eigenvalue weighted by atomic mass is 16.2. The second-order valence-corrected chi connectivity index (χ2v) is 5.60. The minimum atomic E-state index is -0.0458. The summed E-state index contributed by atoms with van der Waals surface area (Å²) in [6.07, 6.45) is 4.29. The zero-order valence-electron chi connectivity index (χ0n) is 12.2. The lowest BCUT2D eigenvalue weighted by atomic mass is 10.1. The first-order valence-corrected chi connectivity index (χ1v) is 7.44. The number of hydrogen-bond acceptors (Lipinski definition) is 3. The van der Waals surface area contributed by atoms with Crippen LogP contribution in [0.1, 0.15) is 44.3 Å². The maximum absolute atomic E-state index is 12.4. The molecule has 0 spiro atoms. The third kappa shape index (κ3) is 2.84. The molecule has 112 valence electrons. The first kappa shape index (κ1) is 13.9. The molecule has 0 unspecified atom stereocenters. The fraction of sp³-hybridized carbons (Fsp3) is 0.533. The quantitative estimate of drug-likeness (QED) is 0.914. The molecule has 6 heteroatoms. The molecule has 1 atom stereocenters. The molecule has 0 saturated carbocycles. The Morgan fingerprint density at radius 3 is 3.05 bits per heavy atom. The van der Waals surface area contributed by atoms with Crippen LogP contribution >= 0.6 is 0 Å². The predicted molar refractivity (Wildman–Crippen MR) is 78.6 cm³/mol. The van der Waals surface area contributed by atoms with Gasteiger partial charge < -0.3 is 9.47 Å². The average molecular weight is 288 g/mol. The lowest BCUT2D eigenvalue weighted by molar-refractivity contribution is -0.134. The number of rotatable bonds is 3. The van der Waals surface area contributed by atoms with Crippen molar-refractivity contribution >= 4 is 17.5 Å². The summed E-state index contributed by atoms with van der Waals surface area (Å²) < 4.78 is 2.20. The van der Waals surface area contributed by atoms with Crippen molar-refractivity contribution in [2.45, 2.75) is 45.2 Å². The van der Waals surface area contributed by atoms with E-state index < -0.39 is 0 Å². The number of fused-ring (bicyclic) bond motifs is 1. The summed E-state index contributed by atoms with van der Waals surface area (Å²) in [6, 6.07) is 4.22. The second-order valence-electron chi connectivity index (χ2n) is 5.60. The van der Waals surface area contributed by atoms with E-state index in [4.69, 9.17) is 0 Å². The average Bonchev–Trinajstić information content (AvgIpc) is 2.96. The van der Waals surface area contributed by atoms with Crippen LogP contribution < -0.4 is 5.43 Å². The summed E-state index contributed by atoms with van der Waals surface area (Å²) in [7, 11) is 0. The van der Waals surface area contributed by atoms with Gasteiger partial charge in [-0.3, -0.25) is 9.59 Å². The molecule has 0 radical (unpaired) electrons. The van der Waals surface area contributed by atoms with Crippen molar-refractivity contribution in [2.24, 2.45) is 5.10 Å². The molecule has 1 N–H and O–H groups in total. The van der Waals surface area contributed by atoms with E-state index in [-0.39, 0.29) is 17.9 Å². The lowest BCUT2D eigenvalue weighted by Crippen LogP contribution is -2.40. The summed E-state index contributed by atoms with van der Waals surface area (Å²) in [5.41, 5.74) is 4.58. The minimum Gasteiger partial charge on any atom is -0.348 e. The molecule has 0 aliphatic carbocycles. The van der Waals surface area contributed by atoms with E-state index >= 15 is 0 Å². The van der Waals surface area contributed by atoms with Crippen molar-refractivity contribution in [2.75, 3.05) is 6.54 Å². The van der Waals surface area contributed by atoms with Gasteiger partial charge >= 0.3 is 0 Å². The largest absolute Gasteiger partial charge is 0.348 e. The van der Waals surface area contributed by atoms with Crippen molar-refractivity contribution < 1.29 is 9.59 Å². The van der Waals surface area contributed by atoms with Gasteiger partial charge in [-0.25, -0.2) is 5.43 Å². The number of carbonyl (C=O) groups excluding carboxylic acids is 2. The number of carbonyl (C=O) groups is 2. The Morgan fingerprint density at radius 2 is 2.29 bits per heavy atom. The summed E-state index contributed by atoms with van der Waals surface area (Å²) in [6.45, 7) is 3.68. The van der Waals surface area contributed by atoms with Gasteiger partial charge in [0.15, 0.2) is 0 Å². The standard InChI is InChI=1S/C15H20N4O2/c1-11-13-3-2-8-18(13)9-10-19(11)15(21)7-5-12-4-6-14(20)17-16-12/h2-3,8,11H,4-7,9-10H2,1H3,(H,17,20)/t11-/m0/s1. The second kappa shape index (κ2) is 5.71. The molecule has 3 rings (SSSR count). The maximum Gasteiger partial charge on any atom is 0.240 e. The number of hydrogen-bond donors (Lipinski definition) is 1. The Labute approximate surface area is 123 Å². The van der Waals surface area contributed by atoms with Gasteiger partial charge in [0.2, 0.25) is 11.8 Å². The fourth-order valence-corrected chi connectivity index (χ4v) is 3.01. The van der Waals surface area contributed by atoms with E-state index in [9.17, 15) is 9.59 Å². The monoisotopic (exact) mass is 288 g/mol. The topological polar surface area (TPSA) is 66.7 Å². The van der Waals surface area contributed by atoms with E-state index in [1.807, 2.05) is 11.0 Å². The number of amides is 2. The first-order valence-electron chi connectivity index (χ1n) is 7.44. The van der Waals surface area contributed by atoms with Gasteiger partial charge in [-0.15, -0.1) is 0 Å². The first-order chi connectivity index (χ1) is 10.1. The number of nitrogens with zero attached hydrogens (tertiary/aromatic N) is 3. The molecule has 0 bridgehead atoms. The normalized spacial score (nSPS) is 21.6. The van der Waals surface area contributed by atoms with Gasteiger partial charge in [-0.05, 0) is 31.9 Å². The van der Waals surface area contributed by atoms with Crippen molar-refractivity contribution in [1.29, 1.82) is 0 Å². The summed E-state index contributed by atoms with van der Waals surface area (Å²) >= 11 is 0. The Kier molecular flexibility index (Phi) is 3.77. The fourth-order valence-electron chi connectivity index (χ4n) is 3.01. The highest BCUT2D eigenvalue weighted by molar-refractivity contribution is 5.94. The molecule has 2 aliphatic rings. The van der Waals surface area contributed by atoms with Gasteiger partial charge in [0, 0.05) is 43.5 Å². The molecule has 6 nitrogen and oxygen atoms in total. The maximum atomic E-state index is 12.4. The summed E-state index contributed by atoms with van der Waals surface area (Å²) in [5.74, 6) is 0.116. The Balaban J connectivity index is 1.58. The van der Waals surface area contributed by atoms with Crippen molar-refractivity contribution in [3.8, 4) is 0 Å². The molecule has 3 heterocycles. The lowest BCUT2D eigenvalue weighted by Gasteiger charge is -2.35. The van der Waals surface area contributed by atoms with E-state index in [1.165, 1.54) is 5.69 Å². The van der Waals surface area contributed by atoms with Crippen molar-refractivity contribution in [3.05, 3.63) is 24.0 Å². The van der Waals surface area contributed by atoms with Crippen LogP contribution in [0.25, 0.3) is 0 Å². The minimum absolute atomic E-state index is 0.0458. The van der Waals surface area contributed by atoms with E-state index in [1.54, 1.807) is 0 Å². The van der Waals surface area contributed by atoms with Gasteiger partial charge in [-0.2, -0.15) is 5.10 Å². The molecule has 2 amide bonds. The molecule has 1 aromatic heterocycles. The van der Waals surface area contributed by atoms with E-state index in [2.05, 4.69) is 34.3 Å². The Bertz CT molecular complexity index is 590. The van der Waals surface area contributed by atoms with Crippen LogP contribution in [-0.2, 0) is 16.1 Å². The third-order valence-corrected chi connectivity index (χ3v) is 4.27. The smallest absolute Gasteiger partial charge is 0.240 e. The molecule has 0 fully saturated rings. The predicted octanol–water partition coefficient (Wildman–Crippen LogP) is 1.44. The van der Waals surface area contributed by atoms with E-state index in [0.717, 1.165) is 18.8 Å². The van der Waals surface area contributed by atoms with Crippen molar-refractivity contribution in [1.82, 2.24) is 14.9 Å². The number of nitrogens with one attached hydrogen (secondary N) is 1. The van der Waals surface area contributed by atoms with Crippen LogP contribution in [0.5, 0.6) is 0 Å². The highest BCUT2D eigenvalue weighted by Crippen LogP contribution is 2.26. The van der Waals surface area contributed by atoms with Crippen LogP contribution in [0, 0.1) is 0 Å². The molecule has 0 saturated heterocycles. The third-order valence-electron chi connectivity index (χ3n) is 4.27. The zero-order chi connectivity index (χ0) is 14.8. The highest BCUT2D eigenvalue weighted by Gasteiger charge is 2.27. The molecule has 2 aliphatic heterocycles. The molecule has 0 aromatic carbocycles. The molecule has 1 aromatic rings. The van der Waals surface area contributed by atoms with Crippen LogP contribution in [0.4, 0.5) is 0 Å². The van der Waals surface area contributed by atoms with Gasteiger partial charge in [0.25, 0.3) is 0 Å².